The molecular formula is C24H28Cl2N4OS. The normalized spacial score (nSPS) is 19.4. The standard InChI is InChI=1S/C24H28Cl2N4OS/c1-2-16-3-5-18-19(13-27)24(32-22(18)12-16)28-23(31)15-30-9-7-29(8-10-30)14-17-4-6-20(25)21(26)11-17/h4,6,11,16H,2-3,5,7-10,12,14-15H2,1H3,(H,28,31). The van der Waals surface area contributed by atoms with Crippen LogP contribution in [0.4, 0.5) is 5.00 Å². The molecular weight excluding hydrogens is 463 g/mol. The van der Waals surface area contributed by atoms with Crippen LogP contribution in [-0.2, 0) is 24.2 Å². The Hall–Kier alpha value is -1.62. The number of piperazine rings is 1. The fourth-order valence-corrected chi connectivity index (χ4v) is 6.23. The molecule has 4 rings (SSSR count). The second-order valence-electron chi connectivity index (χ2n) is 8.69. The molecule has 1 aliphatic heterocycles. The highest BCUT2D eigenvalue weighted by atomic mass is 35.5. The monoisotopic (exact) mass is 490 g/mol. The molecule has 1 atom stereocenters. The number of nitrogens with zero attached hydrogens (tertiary/aromatic N) is 3. The quantitative estimate of drug-likeness (QED) is 0.604. The molecule has 2 aromatic rings. The number of rotatable bonds is 6. The summed E-state index contributed by atoms with van der Waals surface area (Å²) in [4.78, 5) is 18.5. The van der Waals surface area contributed by atoms with Gasteiger partial charge in [-0.15, -0.1) is 11.3 Å². The van der Waals surface area contributed by atoms with Crippen LogP contribution in [0.2, 0.25) is 10.0 Å². The molecule has 1 saturated heterocycles. The van der Waals surface area contributed by atoms with Crippen LogP contribution in [0, 0.1) is 17.2 Å². The number of hydrogen-bond acceptors (Lipinski definition) is 5. The van der Waals surface area contributed by atoms with Gasteiger partial charge < -0.3 is 5.32 Å². The molecule has 1 unspecified atom stereocenters. The summed E-state index contributed by atoms with van der Waals surface area (Å²) in [6.07, 6.45) is 4.28. The van der Waals surface area contributed by atoms with Crippen LogP contribution < -0.4 is 5.32 Å². The predicted molar refractivity (Wildman–Crippen MR) is 132 cm³/mol. The molecule has 5 nitrogen and oxygen atoms in total. The fraction of sp³-hybridized carbons (Fsp3) is 0.500. The van der Waals surface area contributed by atoms with Crippen molar-refractivity contribution < 1.29 is 4.79 Å². The number of hydrogen-bond donors (Lipinski definition) is 1. The Morgan fingerprint density at radius 2 is 1.97 bits per heavy atom. The maximum Gasteiger partial charge on any atom is 0.239 e. The third kappa shape index (κ3) is 5.47. The van der Waals surface area contributed by atoms with Crippen LogP contribution >= 0.6 is 34.5 Å². The molecule has 1 fully saturated rings. The van der Waals surface area contributed by atoms with Crippen molar-refractivity contribution >= 4 is 45.4 Å². The largest absolute Gasteiger partial charge is 0.315 e. The number of nitriles is 1. The van der Waals surface area contributed by atoms with E-state index in [-0.39, 0.29) is 5.91 Å². The second kappa shape index (κ2) is 10.5. The molecule has 1 aromatic carbocycles. The van der Waals surface area contributed by atoms with Gasteiger partial charge in [0.1, 0.15) is 11.1 Å². The number of thiophene rings is 1. The predicted octanol–water partition coefficient (Wildman–Crippen LogP) is 5.20. The Balaban J connectivity index is 1.29. The topological polar surface area (TPSA) is 59.4 Å². The number of benzene rings is 1. The van der Waals surface area contributed by atoms with Crippen LogP contribution in [0.3, 0.4) is 0 Å². The molecule has 2 heterocycles. The lowest BCUT2D eigenvalue weighted by molar-refractivity contribution is -0.117. The van der Waals surface area contributed by atoms with Gasteiger partial charge in [0, 0.05) is 37.6 Å². The number of fused-ring (bicyclic) bond motifs is 1. The molecule has 0 saturated carbocycles. The smallest absolute Gasteiger partial charge is 0.239 e. The van der Waals surface area contributed by atoms with E-state index >= 15 is 0 Å². The number of carbonyl (C=O) groups is 1. The van der Waals surface area contributed by atoms with Crippen molar-refractivity contribution in [1.29, 1.82) is 5.26 Å². The minimum atomic E-state index is -0.0370. The third-order valence-corrected chi connectivity index (χ3v) is 8.44. The van der Waals surface area contributed by atoms with Gasteiger partial charge in [0.15, 0.2) is 0 Å². The zero-order valence-corrected chi connectivity index (χ0v) is 20.6. The maximum absolute atomic E-state index is 12.7. The van der Waals surface area contributed by atoms with Crippen molar-refractivity contribution in [2.75, 3.05) is 38.0 Å². The van der Waals surface area contributed by atoms with Crippen LogP contribution in [0.1, 0.15) is 41.3 Å². The van der Waals surface area contributed by atoms with Gasteiger partial charge in [0.05, 0.1) is 22.2 Å². The first kappa shape index (κ1) is 23.5. The first-order valence-corrected chi connectivity index (χ1v) is 12.8. The van der Waals surface area contributed by atoms with E-state index in [4.69, 9.17) is 23.2 Å². The van der Waals surface area contributed by atoms with Crippen molar-refractivity contribution in [1.82, 2.24) is 9.80 Å². The van der Waals surface area contributed by atoms with Crippen LogP contribution in [0.25, 0.3) is 0 Å². The molecule has 0 spiro atoms. The summed E-state index contributed by atoms with van der Waals surface area (Å²) in [7, 11) is 0. The minimum absolute atomic E-state index is 0.0370. The summed E-state index contributed by atoms with van der Waals surface area (Å²) < 4.78 is 0. The van der Waals surface area contributed by atoms with E-state index in [1.54, 1.807) is 11.3 Å². The SMILES string of the molecule is CCC1CCc2c(sc(NC(=O)CN3CCN(Cc4ccc(Cl)c(Cl)c4)CC3)c2C#N)C1. The second-order valence-corrected chi connectivity index (χ2v) is 10.6. The van der Waals surface area contributed by atoms with E-state index in [0.717, 1.165) is 74.5 Å². The summed E-state index contributed by atoms with van der Waals surface area (Å²) in [5.74, 6) is 0.654. The van der Waals surface area contributed by atoms with Crippen molar-refractivity contribution in [3.05, 3.63) is 49.8 Å². The summed E-state index contributed by atoms with van der Waals surface area (Å²) in [6.45, 7) is 6.85. The van der Waals surface area contributed by atoms with Gasteiger partial charge in [-0.2, -0.15) is 5.26 Å². The highest BCUT2D eigenvalue weighted by Gasteiger charge is 2.26. The highest BCUT2D eigenvalue weighted by molar-refractivity contribution is 7.16. The lowest BCUT2D eigenvalue weighted by atomic mass is 9.86. The average Bonchev–Trinajstić information content (AvgIpc) is 3.13. The maximum atomic E-state index is 12.7. The Kier molecular flexibility index (Phi) is 7.75. The molecule has 0 radical (unpaired) electrons. The zero-order valence-electron chi connectivity index (χ0n) is 18.3. The molecule has 2 aliphatic rings. The van der Waals surface area contributed by atoms with Gasteiger partial charge in [0.2, 0.25) is 5.91 Å². The molecule has 8 heteroatoms. The van der Waals surface area contributed by atoms with Crippen molar-refractivity contribution in [3.8, 4) is 6.07 Å². The summed E-state index contributed by atoms with van der Waals surface area (Å²) in [5.41, 5.74) is 2.98. The zero-order chi connectivity index (χ0) is 22.7. The third-order valence-electron chi connectivity index (χ3n) is 6.53. The van der Waals surface area contributed by atoms with E-state index < -0.39 is 0 Å². The summed E-state index contributed by atoms with van der Waals surface area (Å²) in [5, 5.41) is 14.6. The molecule has 1 aromatic heterocycles. The number of anilines is 1. The Morgan fingerprint density at radius 3 is 2.66 bits per heavy atom. The van der Waals surface area contributed by atoms with E-state index in [1.807, 2.05) is 18.2 Å². The van der Waals surface area contributed by atoms with Crippen molar-refractivity contribution in [3.63, 3.8) is 0 Å². The van der Waals surface area contributed by atoms with Gasteiger partial charge in [0.25, 0.3) is 0 Å². The van der Waals surface area contributed by atoms with E-state index in [0.29, 0.717) is 28.1 Å². The molecule has 1 N–H and O–H groups in total. The average molecular weight is 491 g/mol. The summed E-state index contributed by atoms with van der Waals surface area (Å²) >= 11 is 13.7. The number of nitrogens with one attached hydrogen (secondary N) is 1. The minimum Gasteiger partial charge on any atom is -0.315 e. The Bertz CT molecular complexity index is 1020. The van der Waals surface area contributed by atoms with Gasteiger partial charge in [-0.3, -0.25) is 14.6 Å². The van der Waals surface area contributed by atoms with Crippen molar-refractivity contribution in [2.45, 2.75) is 39.2 Å². The lowest BCUT2D eigenvalue weighted by Crippen LogP contribution is -2.48. The molecule has 0 bridgehead atoms. The van der Waals surface area contributed by atoms with Crippen LogP contribution in [0.15, 0.2) is 18.2 Å². The molecule has 1 aliphatic carbocycles. The highest BCUT2D eigenvalue weighted by Crippen LogP contribution is 2.40. The molecule has 170 valence electrons. The van der Waals surface area contributed by atoms with Gasteiger partial charge in [-0.05, 0) is 48.4 Å². The van der Waals surface area contributed by atoms with Gasteiger partial charge >= 0.3 is 0 Å². The van der Waals surface area contributed by atoms with E-state index in [1.165, 1.54) is 4.88 Å². The first-order valence-electron chi connectivity index (χ1n) is 11.2. The van der Waals surface area contributed by atoms with E-state index in [2.05, 4.69) is 28.1 Å². The van der Waals surface area contributed by atoms with Gasteiger partial charge in [-0.1, -0.05) is 42.6 Å². The van der Waals surface area contributed by atoms with Crippen LogP contribution in [0.5, 0.6) is 0 Å². The van der Waals surface area contributed by atoms with Crippen molar-refractivity contribution in [2.24, 2.45) is 5.92 Å². The van der Waals surface area contributed by atoms with Crippen LogP contribution in [-0.4, -0.2) is 48.4 Å². The summed E-state index contributed by atoms with van der Waals surface area (Å²) in [6, 6.07) is 8.09. The Morgan fingerprint density at radius 1 is 1.22 bits per heavy atom. The fourth-order valence-electron chi connectivity index (χ4n) is 4.58. The molecule has 1 amide bonds. The van der Waals surface area contributed by atoms with E-state index in [9.17, 15) is 10.1 Å². The molecule has 32 heavy (non-hydrogen) atoms. The number of amides is 1. The lowest BCUT2D eigenvalue weighted by Gasteiger charge is -2.34. The first-order chi connectivity index (χ1) is 15.5. The number of carbonyl (C=O) groups excluding carboxylic acids is 1. The van der Waals surface area contributed by atoms with Gasteiger partial charge in [-0.25, -0.2) is 0 Å². The Labute approximate surface area is 203 Å². The number of halogens is 2.